The molecule has 0 bridgehead atoms. The van der Waals surface area contributed by atoms with Crippen molar-refractivity contribution in [2.45, 2.75) is 38.4 Å². The minimum atomic E-state index is 0. The van der Waals surface area contributed by atoms with Crippen molar-refractivity contribution in [3.05, 3.63) is 0 Å². The van der Waals surface area contributed by atoms with Crippen LogP contribution in [0, 0.1) is 11.8 Å². The van der Waals surface area contributed by atoms with Crippen molar-refractivity contribution >= 4 is 15.9 Å². The van der Waals surface area contributed by atoms with Crippen LogP contribution >= 0.6 is 15.9 Å². The van der Waals surface area contributed by atoms with Crippen molar-refractivity contribution in [3.8, 4) is 0 Å². The molecule has 0 saturated carbocycles. The summed E-state index contributed by atoms with van der Waals surface area (Å²) in [6, 6.07) is 0. The average Bonchev–Trinajstić information content (AvgIpc) is 1.87. The van der Waals surface area contributed by atoms with Crippen LogP contribution in [0.1, 0.15) is 34.1 Å². The van der Waals surface area contributed by atoms with E-state index in [1.807, 2.05) is 0 Å². The van der Waals surface area contributed by atoms with E-state index >= 15 is 0 Å². The van der Waals surface area contributed by atoms with Gasteiger partial charge in [-0.1, -0.05) is 43.6 Å². The zero-order chi connectivity index (χ0) is 9.07. The van der Waals surface area contributed by atoms with Gasteiger partial charge in [0.1, 0.15) is 0 Å². The van der Waals surface area contributed by atoms with Gasteiger partial charge in [0.05, 0.1) is 0 Å². The number of hydrogen-bond donors (Lipinski definition) is 2. The molecule has 0 aromatic carbocycles. The molecule has 3 heteroatoms. The summed E-state index contributed by atoms with van der Waals surface area (Å²) in [7, 11) is 0. The summed E-state index contributed by atoms with van der Waals surface area (Å²) in [5.74, 6) is 1.13. The summed E-state index contributed by atoms with van der Waals surface area (Å²) >= 11 is 3.71. The summed E-state index contributed by atoms with van der Waals surface area (Å²) in [6.45, 7) is 9.01. The van der Waals surface area contributed by atoms with Gasteiger partial charge in [0.15, 0.2) is 0 Å². The number of rotatable bonds is 4. The Morgan fingerprint density at radius 3 is 1.58 bits per heavy atom. The lowest BCUT2D eigenvalue weighted by molar-refractivity contribution is 0.224. The number of halogens is 1. The first kappa shape index (κ1) is 14.9. The molecule has 0 atom stereocenters. The molecule has 0 aliphatic carbocycles. The number of aliphatic hydroxyl groups excluding tert-OH is 1. The van der Waals surface area contributed by atoms with Crippen LogP contribution in [0.15, 0.2) is 0 Å². The van der Waals surface area contributed by atoms with E-state index in [2.05, 4.69) is 43.6 Å². The fraction of sp³-hybridized carbons (Fsp3) is 1.00. The molecule has 12 heavy (non-hydrogen) atoms. The molecule has 0 fully saturated rings. The predicted molar refractivity (Wildman–Crippen MR) is 58.1 cm³/mol. The van der Waals surface area contributed by atoms with Gasteiger partial charge in [-0.25, -0.2) is 0 Å². The van der Waals surface area contributed by atoms with E-state index in [1.54, 1.807) is 0 Å². The quantitative estimate of drug-likeness (QED) is 0.742. The Morgan fingerprint density at radius 2 is 1.50 bits per heavy atom. The Balaban J connectivity index is 0. The van der Waals surface area contributed by atoms with Crippen LogP contribution in [0.4, 0.5) is 0 Å². The van der Waals surface area contributed by atoms with Crippen molar-refractivity contribution in [2.75, 3.05) is 6.61 Å². The molecular weight excluding hydrogens is 218 g/mol. The molecule has 0 aromatic heterocycles. The monoisotopic (exact) mass is 239 g/mol. The Hall–Kier alpha value is 0.400. The van der Waals surface area contributed by atoms with Crippen molar-refractivity contribution < 1.29 is 5.11 Å². The van der Waals surface area contributed by atoms with Gasteiger partial charge in [-0.2, -0.15) is 0 Å². The van der Waals surface area contributed by atoms with Crippen LogP contribution in [0.5, 0.6) is 0 Å². The van der Waals surface area contributed by atoms with E-state index in [4.69, 9.17) is 5.11 Å². The van der Waals surface area contributed by atoms with E-state index in [-0.39, 0.29) is 17.1 Å². The fourth-order valence-corrected chi connectivity index (χ4v) is 1.59. The first-order valence-corrected chi connectivity index (χ1v) is 5.04. The third-order valence-corrected chi connectivity index (χ3v) is 4.64. The van der Waals surface area contributed by atoms with Gasteiger partial charge in [-0.15, -0.1) is 0 Å². The number of aliphatic hydroxyl groups is 1. The number of alkyl halides is 1. The van der Waals surface area contributed by atoms with Crippen LogP contribution in [-0.2, 0) is 0 Å². The second-order valence-corrected chi connectivity index (χ2v) is 5.19. The van der Waals surface area contributed by atoms with E-state index < -0.39 is 0 Å². The molecule has 76 valence electrons. The van der Waals surface area contributed by atoms with E-state index in [9.17, 15) is 0 Å². The van der Waals surface area contributed by atoms with E-state index in [0.29, 0.717) is 11.8 Å². The minimum absolute atomic E-state index is 0. The maximum absolute atomic E-state index is 8.87. The van der Waals surface area contributed by atoms with Crippen molar-refractivity contribution in [3.63, 3.8) is 0 Å². The van der Waals surface area contributed by atoms with Crippen LogP contribution in [0.3, 0.4) is 0 Å². The Kier molecular flexibility index (Phi) is 7.38. The fourth-order valence-electron chi connectivity index (χ4n) is 1.42. The highest BCUT2D eigenvalue weighted by molar-refractivity contribution is 9.10. The highest BCUT2D eigenvalue weighted by atomic mass is 79.9. The van der Waals surface area contributed by atoms with Crippen LogP contribution in [0.2, 0.25) is 0 Å². The smallest absolute Gasteiger partial charge is 0.0444 e. The lowest BCUT2D eigenvalue weighted by atomic mass is 9.83. The third kappa shape index (κ3) is 3.42. The first-order valence-electron chi connectivity index (χ1n) is 4.25. The molecule has 0 saturated heterocycles. The standard InChI is InChI=1S/C9H19BrO.H3N/c1-7(2)9(10,5-6-11)8(3)4;/h7-8,11H,5-6H2,1-4H3;1H3. The normalized spacial score (nSPS) is 12.0. The Bertz CT molecular complexity index is 107. The third-order valence-electron chi connectivity index (χ3n) is 2.41. The van der Waals surface area contributed by atoms with Crippen molar-refractivity contribution in [1.29, 1.82) is 0 Å². The second-order valence-electron chi connectivity index (χ2n) is 3.71. The second kappa shape index (κ2) is 5.95. The SMILES string of the molecule is CC(C)C(Br)(CCO)C(C)C.N. The van der Waals surface area contributed by atoms with Gasteiger partial charge in [-0.05, 0) is 18.3 Å². The van der Waals surface area contributed by atoms with Crippen LogP contribution in [0.25, 0.3) is 0 Å². The lowest BCUT2D eigenvalue weighted by Gasteiger charge is -2.35. The topological polar surface area (TPSA) is 55.2 Å². The molecule has 2 nitrogen and oxygen atoms in total. The van der Waals surface area contributed by atoms with Gasteiger partial charge in [0, 0.05) is 10.9 Å². The molecule has 0 aliphatic rings. The van der Waals surface area contributed by atoms with Crippen LogP contribution in [-0.4, -0.2) is 16.0 Å². The van der Waals surface area contributed by atoms with E-state index in [1.165, 1.54) is 0 Å². The molecule has 0 aliphatic heterocycles. The zero-order valence-electron chi connectivity index (χ0n) is 8.60. The highest BCUT2D eigenvalue weighted by Gasteiger charge is 2.33. The highest BCUT2D eigenvalue weighted by Crippen LogP contribution is 2.38. The van der Waals surface area contributed by atoms with Gasteiger partial charge >= 0.3 is 0 Å². The van der Waals surface area contributed by atoms with Gasteiger partial charge in [0.25, 0.3) is 0 Å². The summed E-state index contributed by atoms with van der Waals surface area (Å²) < 4.78 is 0.113. The minimum Gasteiger partial charge on any atom is -0.396 e. The molecule has 0 unspecified atom stereocenters. The predicted octanol–water partition coefficient (Wildman–Crippen LogP) is 2.98. The molecular formula is C9H22BrNO. The van der Waals surface area contributed by atoms with Crippen molar-refractivity contribution in [1.82, 2.24) is 6.15 Å². The molecule has 4 N–H and O–H groups in total. The van der Waals surface area contributed by atoms with Crippen LogP contribution < -0.4 is 6.15 Å². The van der Waals surface area contributed by atoms with Gasteiger partial charge < -0.3 is 11.3 Å². The molecule has 0 radical (unpaired) electrons. The first-order chi connectivity index (χ1) is 4.95. The Morgan fingerprint density at radius 1 is 1.17 bits per heavy atom. The maximum atomic E-state index is 8.87. The zero-order valence-corrected chi connectivity index (χ0v) is 10.2. The molecule has 0 amide bonds. The lowest BCUT2D eigenvalue weighted by Crippen LogP contribution is -2.34. The van der Waals surface area contributed by atoms with Crippen molar-refractivity contribution in [2.24, 2.45) is 11.8 Å². The summed E-state index contributed by atoms with van der Waals surface area (Å²) in [5.41, 5.74) is 0. The molecule has 0 spiro atoms. The molecule has 0 rings (SSSR count). The largest absolute Gasteiger partial charge is 0.396 e. The maximum Gasteiger partial charge on any atom is 0.0444 e. The number of hydrogen-bond acceptors (Lipinski definition) is 2. The summed E-state index contributed by atoms with van der Waals surface area (Å²) in [6.07, 6.45) is 0.836. The van der Waals surface area contributed by atoms with Gasteiger partial charge in [0.2, 0.25) is 0 Å². The Labute approximate surface area is 84.5 Å². The average molecular weight is 240 g/mol. The summed E-state index contributed by atoms with van der Waals surface area (Å²) in [4.78, 5) is 0. The molecule has 0 heterocycles. The molecule has 0 aromatic rings. The van der Waals surface area contributed by atoms with E-state index in [0.717, 1.165) is 6.42 Å². The summed E-state index contributed by atoms with van der Waals surface area (Å²) in [5, 5.41) is 8.87. The van der Waals surface area contributed by atoms with Gasteiger partial charge in [-0.3, -0.25) is 0 Å².